The Morgan fingerprint density at radius 1 is 1.15 bits per heavy atom. The highest BCUT2D eigenvalue weighted by Gasteiger charge is 2.29. The zero-order valence-electron chi connectivity index (χ0n) is 18.8. The van der Waals surface area contributed by atoms with Gasteiger partial charge in [0.15, 0.2) is 11.5 Å². The largest absolute Gasteiger partial charge is 0.348 e. The van der Waals surface area contributed by atoms with Crippen LogP contribution in [0, 0.1) is 6.92 Å². The summed E-state index contributed by atoms with van der Waals surface area (Å²) < 4.78 is 27.8. The van der Waals surface area contributed by atoms with Crippen molar-refractivity contribution in [2.75, 3.05) is 7.05 Å². The van der Waals surface area contributed by atoms with Crippen molar-refractivity contribution in [1.82, 2.24) is 29.8 Å². The number of benzene rings is 1. The number of nitrogens with zero attached hydrogens (tertiary/aromatic N) is 4. The van der Waals surface area contributed by atoms with Gasteiger partial charge in [-0.2, -0.15) is 9.78 Å². The average molecular weight is 477 g/mol. The van der Waals surface area contributed by atoms with Gasteiger partial charge in [-0.1, -0.05) is 18.2 Å². The number of aromatic nitrogens is 4. The van der Waals surface area contributed by atoms with Crippen molar-refractivity contribution >= 4 is 27.0 Å². The van der Waals surface area contributed by atoms with Gasteiger partial charge in [0.05, 0.1) is 21.5 Å². The number of sulfonamides is 1. The van der Waals surface area contributed by atoms with E-state index in [9.17, 15) is 13.2 Å². The number of carbonyl (C=O) groups is 1. The monoisotopic (exact) mass is 476 g/mol. The Kier molecular flexibility index (Phi) is 5.62. The maximum Gasteiger partial charge on any atom is 0.252 e. The molecule has 3 aromatic heterocycles. The third-order valence-corrected chi connectivity index (χ3v) is 7.32. The van der Waals surface area contributed by atoms with Gasteiger partial charge < -0.3 is 5.32 Å². The van der Waals surface area contributed by atoms with Crippen molar-refractivity contribution in [3.8, 4) is 5.82 Å². The summed E-state index contributed by atoms with van der Waals surface area (Å²) >= 11 is 0. The van der Waals surface area contributed by atoms with Crippen LogP contribution < -0.4 is 10.0 Å². The molecule has 4 aromatic rings. The number of fused-ring (bicyclic) bond motifs is 1. The van der Waals surface area contributed by atoms with Crippen LogP contribution in [0.3, 0.4) is 0 Å². The van der Waals surface area contributed by atoms with Crippen molar-refractivity contribution < 1.29 is 13.2 Å². The number of hydrogen-bond donors (Lipinski definition) is 2. The maximum absolute atomic E-state index is 13.3. The smallest absolute Gasteiger partial charge is 0.252 e. The van der Waals surface area contributed by atoms with Crippen molar-refractivity contribution in [3.63, 3.8) is 0 Å². The minimum Gasteiger partial charge on any atom is -0.348 e. The van der Waals surface area contributed by atoms with E-state index in [4.69, 9.17) is 4.98 Å². The van der Waals surface area contributed by atoms with Crippen LogP contribution in [0.25, 0.3) is 16.9 Å². The topological polar surface area (TPSA) is 119 Å². The van der Waals surface area contributed by atoms with E-state index >= 15 is 0 Å². The molecule has 5 rings (SSSR count). The van der Waals surface area contributed by atoms with Crippen molar-refractivity contribution in [2.45, 2.75) is 37.1 Å². The molecule has 0 radical (unpaired) electrons. The molecule has 1 aliphatic carbocycles. The molecule has 0 atom stereocenters. The molecule has 0 saturated heterocycles. The first-order valence-corrected chi connectivity index (χ1v) is 12.5. The molecule has 0 spiro atoms. The third kappa shape index (κ3) is 4.17. The number of nitrogens with one attached hydrogen (secondary N) is 2. The van der Waals surface area contributed by atoms with E-state index in [1.807, 2.05) is 31.2 Å². The van der Waals surface area contributed by atoms with Crippen LogP contribution in [-0.2, 0) is 16.6 Å². The number of rotatable bonds is 7. The number of aryl methyl sites for hydroxylation is 1. The summed E-state index contributed by atoms with van der Waals surface area (Å²) in [5.74, 6) is 0.763. The zero-order valence-corrected chi connectivity index (χ0v) is 19.6. The van der Waals surface area contributed by atoms with Crippen molar-refractivity contribution in [1.29, 1.82) is 0 Å². The standard InChI is InChI=1S/C24H24N6O3S/c1-15-22-19(24(31)27-14-16-6-10-18(11-7-16)34(32,33)25-2)13-20(17-8-9-17)28-23(22)30(29-15)21-5-3-4-12-26-21/h3-7,10-13,17,25H,8-9,14H2,1-2H3,(H,27,31). The lowest BCUT2D eigenvalue weighted by atomic mass is 10.1. The van der Waals surface area contributed by atoms with E-state index in [1.165, 1.54) is 19.2 Å². The van der Waals surface area contributed by atoms with Crippen molar-refractivity contribution in [3.05, 3.63) is 77.2 Å². The SMILES string of the molecule is CNS(=O)(=O)c1ccc(CNC(=O)c2cc(C3CC3)nc3c2c(C)nn3-c2ccccn2)cc1. The Bertz CT molecular complexity index is 1480. The van der Waals surface area contributed by atoms with E-state index in [-0.39, 0.29) is 17.3 Å². The van der Waals surface area contributed by atoms with Gasteiger partial charge in [-0.05, 0) is 62.7 Å². The molecule has 1 saturated carbocycles. The zero-order chi connectivity index (χ0) is 23.9. The number of hydrogen-bond acceptors (Lipinski definition) is 6. The summed E-state index contributed by atoms with van der Waals surface area (Å²) in [7, 11) is -2.14. The van der Waals surface area contributed by atoms with Crippen LogP contribution in [0.1, 0.15) is 46.1 Å². The molecule has 2 N–H and O–H groups in total. The Labute approximate surface area is 197 Å². The predicted octanol–water partition coefficient (Wildman–Crippen LogP) is 2.84. The quantitative estimate of drug-likeness (QED) is 0.423. The van der Waals surface area contributed by atoms with Crippen LogP contribution in [0.2, 0.25) is 0 Å². The van der Waals surface area contributed by atoms with E-state index in [0.717, 1.165) is 24.1 Å². The first kappa shape index (κ1) is 22.2. The average Bonchev–Trinajstić information content (AvgIpc) is 3.66. The van der Waals surface area contributed by atoms with Crippen LogP contribution in [0.5, 0.6) is 0 Å². The highest BCUT2D eigenvalue weighted by molar-refractivity contribution is 7.89. The Hall–Kier alpha value is -3.63. The highest BCUT2D eigenvalue weighted by atomic mass is 32.2. The normalized spacial score (nSPS) is 13.8. The first-order chi connectivity index (χ1) is 16.4. The third-order valence-electron chi connectivity index (χ3n) is 5.89. The van der Waals surface area contributed by atoms with Gasteiger partial charge in [-0.15, -0.1) is 0 Å². The predicted molar refractivity (Wildman–Crippen MR) is 127 cm³/mol. The van der Waals surface area contributed by atoms with Gasteiger partial charge >= 0.3 is 0 Å². The lowest BCUT2D eigenvalue weighted by Crippen LogP contribution is -2.23. The van der Waals surface area contributed by atoms with Gasteiger partial charge in [0.2, 0.25) is 10.0 Å². The van der Waals surface area contributed by atoms with Gasteiger partial charge in [0, 0.05) is 24.4 Å². The molecule has 0 bridgehead atoms. The fraction of sp³-hybridized carbons (Fsp3) is 0.250. The summed E-state index contributed by atoms with van der Waals surface area (Å²) in [6.07, 6.45) is 3.81. The van der Waals surface area contributed by atoms with E-state index < -0.39 is 10.0 Å². The summed E-state index contributed by atoms with van der Waals surface area (Å²) in [5.41, 5.74) is 3.52. The Morgan fingerprint density at radius 2 is 1.91 bits per heavy atom. The fourth-order valence-corrected chi connectivity index (χ4v) is 4.63. The molecule has 1 fully saturated rings. The van der Waals surface area contributed by atoms with Crippen LogP contribution in [-0.4, -0.2) is 41.1 Å². The molecule has 1 aliphatic rings. The molecule has 34 heavy (non-hydrogen) atoms. The summed E-state index contributed by atoms with van der Waals surface area (Å²) in [4.78, 5) is 22.7. The summed E-state index contributed by atoms with van der Waals surface area (Å²) in [5, 5.41) is 8.29. The van der Waals surface area contributed by atoms with E-state index in [2.05, 4.69) is 20.1 Å². The van der Waals surface area contributed by atoms with E-state index in [1.54, 1.807) is 23.0 Å². The van der Waals surface area contributed by atoms with Gasteiger partial charge in [-0.25, -0.2) is 23.1 Å². The lowest BCUT2D eigenvalue weighted by molar-refractivity contribution is 0.0952. The van der Waals surface area contributed by atoms with Crippen LogP contribution >= 0.6 is 0 Å². The lowest BCUT2D eigenvalue weighted by Gasteiger charge is -2.10. The van der Waals surface area contributed by atoms with Gasteiger partial charge in [0.1, 0.15) is 0 Å². The highest BCUT2D eigenvalue weighted by Crippen LogP contribution is 2.40. The molecule has 9 nitrogen and oxygen atoms in total. The molecule has 10 heteroatoms. The molecule has 1 amide bonds. The molecule has 174 valence electrons. The van der Waals surface area contributed by atoms with Crippen molar-refractivity contribution in [2.24, 2.45) is 0 Å². The second-order valence-corrected chi connectivity index (χ2v) is 10.2. The number of carbonyl (C=O) groups excluding carboxylic acids is 1. The maximum atomic E-state index is 13.3. The summed E-state index contributed by atoms with van der Waals surface area (Å²) in [6, 6.07) is 13.9. The Morgan fingerprint density at radius 3 is 2.56 bits per heavy atom. The number of amides is 1. The minimum absolute atomic E-state index is 0.174. The first-order valence-electron chi connectivity index (χ1n) is 11.0. The Balaban J connectivity index is 1.47. The summed E-state index contributed by atoms with van der Waals surface area (Å²) in [6.45, 7) is 2.12. The van der Waals surface area contributed by atoms with Gasteiger partial charge in [0.25, 0.3) is 5.91 Å². The van der Waals surface area contributed by atoms with Crippen LogP contribution in [0.4, 0.5) is 0 Å². The fourth-order valence-electron chi connectivity index (χ4n) is 3.90. The minimum atomic E-state index is -3.50. The molecule has 1 aromatic carbocycles. The molecular formula is C24H24N6O3S. The second-order valence-electron chi connectivity index (χ2n) is 8.29. The van der Waals surface area contributed by atoms with Crippen LogP contribution in [0.15, 0.2) is 59.6 Å². The molecule has 0 unspecified atom stereocenters. The molecule has 3 heterocycles. The number of pyridine rings is 2. The van der Waals surface area contributed by atoms with E-state index in [0.29, 0.717) is 34.0 Å². The molecule has 0 aliphatic heterocycles. The van der Waals surface area contributed by atoms with Gasteiger partial charge in [-0.3, -0.25) is 4.79 Å². The molecular weight excluding hydrogens is 452 g/mol. The second kappa shape index (κ2) is 8.62.